The SMILES string of the molecule is CCOc1ccc(NC(=O)COC(=O)c2ccc(N3CCC(C)=N3)cc2)c([N+](=O)[O-])c1. The van der Waals surface area contributed by atoms with E-state index in [1.165, 1.54) is 18.2 Å². The third-order valence-corrected chi connectivity index (χ3v) is 4.46. The van der Waals surface area contributed by atoms with Gasteiger partial charge in [0.1, 0.15) is 11.4 Å². The van der Waals surface area contributed by atoms with Gasteiger partial charge in [-0.3, -0.25) is 19.9 Å². The number of carbonyl (C=O) groups excluding carboxylic acids is 2. The van der Waals surface area contributed by atoms with Crippen LogP contribution in [-0.4, -0.2) is 42.3 Å². The van der Waals surface area contributed by atoms with E-state index >= 15 is 0 Å². The van der Waals surface area contributed by atoms with E-state index in [1.54, 1.807) is 31.2 Å². The Bertz CT molecular complexity index is 1020. The van der Waals surface area contributed by atoms with E-state index < -0.39 is 23.4 Å². The number of hydrogen-bond acceptors (Lipinski definition) is 8. The summed E-state index contributed by atoms with van der Waals surface area (Å²) >= 11 is 0. The van der Waals surface area contributed by atoms with Gasteiger partial charge in [0.15, 0.2) is 6.61 Å². The van der Waals surface area contributed by atoms with Gasteiger partial charge in [-0.05, 0) is 50.2 Å². The van der Waals surface area contributed by atoms with Gasteiger partial charge in [0.25, 0.3) is 11.6 Å². The molecule has 0 unspecified atom stereocenters. The Hall–Kier alpha value is -3.95. The summed E-state index contributed by atoms with van der Waals surface area (Å²) in [6.45, 7) is 4.27. The molecule has 0 saturated heterocycles. The minimum absolute atomic E-state index is 0.0136. The Morgan fingerprint density at radius 1 is 1.23 bits per heavy atom. The van der Waals surface area contributed by atoms with Gasteiger partial charge in [0.05, 0.1) is 28.8 Å². The first-order valence-electron chi connectivity index (χ1n) is 9.67. The molecule has 0 atom stereocenters. The molecule has 0 aliphatic carbocycles. The van der Waals surface area contributed by atoms with Crippen molar-refractivity contribution >= 4 is 34.7 Å². The van der Waals surface area contributed by atoms with Crippen molar-refractivity contribution in [2.45, 2.75) is 20.3 Å². The van der Waals surface area contributed by atoms with Crippen LogP contribution in [0.25, 0.3) is 0 Å². The van der Waals surface area contributed by atoms with Crippen LogP contribution in [0, 0.1) is 10.1 Å². The van der Waals surface area contributed by atoms with Crippen molar-refractivity contribution in [2.24, 2.45) is 5.10 Å². The normalized spacial score (nSPS) is 12.8. The molecule has 31 heavy (non-hydrogen) atoms. The van der Waals surface area contributed by atoms with Crippen molar-refractivity contribution in [3.8, 4) is 5.75 Å². The average Bonchev–Trinajstić information content (AvgIpc) is 3.19. The maximum atomic E-state index is 12.2. The van der Waals surface area contributed by atoms with Crippen molar-refractivity contribution in [1.82, 2.24) is 0 Å². The van der Waals surface area contributed by atoms with E-state index in [9.17, 15) is 19.7 Å². The number of hydrazone groups is 1. The molecule has 1 amide bonds. The van der Waals surface area contributed by atoms with Crippen molar-refractivity contribution < 1.29 is 24.0 Å². The fraction of sp³-hybridized carbons (Fsp3) is 0.286. The monoisotopic (exact) mass is 426 g/mol. The van der Waals surface area contributed by atoms with Gasteiger partial charge in [-0.25, -0.2) is 4.79 Å². The molecule has 0 bridgehead atoms. The molecule has 3 rings (SSSR count). The maximum Gasteiger partial charge on any atom is 0.338 e. The fourth-order valence-corrected chi connectivity index (χ4v) is 2.96. The molecule has 162 valence electrons. The number of benzene rings is 2. The lowest BCUT2D eigenvalue weighted by atomic mass is 10.2. The minimum Gasteiger partial charge on any atom is -0.494 e. The molecule has 0 aromatic heterocycles. The molecule has 1 heterocycles. The highest BCUT2D eigenvalue weighted by Crippen LogP contribution is 2.29. The quantitative estimate of drug-likeness (QED) is 0.390. The zero-order valence-electron chi connectivity index (χ0n) is 17.2. The molecule has 0 saturated carbocycles. The number of carbonyl (C=O) groups is 2. The highest BCUT2D eigenvalue weighted by atomic mass is 16.6. The molecular weight excluding hydrogens is 404 g/mol. The van der Waals surface area contributed by atoms with E-state index in [-0.39, 0.29) is 16.9 Å². The van der Waals surface area contributed by atoms with Gasteiger partial charge in [-0.15, -0.1) is 0 Å². The van der Waals surface area contributed by atoms with E-state index in [1.807, 2.05) is 11.9 Å². The zero-order valence-corrected chi connectivity index (χ0v) is 17.2. The smallest absolute Gasteiger partial charge is 0.338 e. The number of nitro benzene ring substituents is 1. The van der Waals surface area contributed by atoms with Crippen LogP contribution in [-0.2, 0) is 9.53 Å². The minimum atomic E-state index is -0.695. The summed E-state index contributed by atoms with van der Waals surface area (Å²) in [7, 11) is 0. The van der Waals surface area contributed by atoms with Crippen molar-refractivity contribution in [1.29, 1.82) is 0 Å². The number of nitro groups is 1. The van der Waals surface area contributed by atoms with Crippen LogP contribution in [0.3, 0.4) is 0 Å². The number of amides is 1. The number of anilines is 2. The first kappa shape index (κ1) is 21.8. The summed E-state index contributed by atoms with van der Waals surface area (Å²) in [5.74, 6) is -1.06. The van der Waals surface area contributed by atoms with Crippen LogP contribution in [0.5, 0.6) is 5.75 Å². The lowest BCUT2D eigenvalue weighted by Gasteiger charge is -2.13. The predicted molar refractivity (Wildman–Crippen MR) is 115 cm³/mol. The van der Waals surface area contributed by atoms with Gasteiger partial charge in [-0.2, -0.15) is 5.10 Å². The molecule has 2 aromatic carbocycles. The van der Waals surface area contributed by atoms with Gasteiger partial charge in [-0.1, -0.05) is 0 Å². The first-order valence-corrected chi connectivity index (χ1v) is 9.67. The molecule has 0 fully saturated rings. The third-order valence-electron chi connectivity index (χ3n) is 4.46. The lowest BCUT2D eigenvalue weighted by molar-refractivity contribution is -0.384. The summed E-state index contributed by atoms with van der Waals surface area (Å²) in [5, 5.41) is 19.9. The Morgan fingerprint density at radius 3 is 2.58 bits per heavy atom. The standard InChI is InChI=1S/C21H22N4O6/c1-3-30-17-8-9-18(19(12-17)25(28)29)22-20(26)13-31-21(27)15-4-6-16(7-5-15)24-11-10-14(2)23-24/h4-9,12H,3,10-11,13H2,1-2H3,(H,22,26). The summed E-state index contributed by atoms with van der Waals surface area (Å²) < 4.78 is 10.3. The molecule has 1 N–H and O–H groups in total. The molecule has 1 aliphatic rings. The zero-order chi connectivity index (χ0) is 22.4. The second-order valence-electron chi connectivity index (χ2n) is 6.75. The topological polar surface area (TPSA) is 123 Å². The van der Waals surface area contributed by atoms with Crippen LogP contribution in [0.2, 0.25) is 0 Å². The summed E-state index contributed by atoms with van der Waals surface area (Å²) in [4.78, 5) is 35.0. The van der Waals surface area contributed by atoms with Crippen LogP contribution < -0.4 is 15.1 Å². The van der Waals surface area contributed by atoms with Gasteiger partial charge < -0.3 is 14.8 Å². The molecule has 0 radical (unpaired) electrons. The third kappa shape index (κ3) is 5.56. The molecule has 10 heteroatoms. The highest BCUT2D eigenvalue weighted by Gasteiger charge is 2.19. The number of ether oxygens (including phenoxy) is 2. The Morgan fingerprint density at radius 2 is 1.97 bits per heavy atom. The Labute approximate surface area is 178 Å². The summed E-state index contributed by atoms with van der Waals surface area (Å²) in [6, 6.07) is 10.8. The fourth-order valence-electron chi connectivity index (χ4n) is 2.96. The molecule has 0 spiro atoms. The predicted octanol–water partition coefficient (Wildman–Crippen LogP) is 3.38. The average molecular weight is 426 g/mol. The Kier molecular flexibility index (Phi) is 6.81. The van der Waals surface area contributed by atoms with E-state index in [0.717, 1.165) is 24.4 Å². The number of esters is 1. The van der Waals surface area contributed by atoms with Crippen molar-refractivity contribution in [3.63, 3.8) is 0 Å². The van der Waals surface area contributed by atoms with Crippen LogP contribution in [0.1, 0.15) is 30.6 Å². The van der Waals surface area contributed by atoms with Crippen molar-refractivity contribution in [2.75, 3.05) is 30.1 Å². The van der Waals surface area contributed by atoms with Gasteiger partial charge in [0.2, 0.25) is 0 Å². The largest absolute Gasteiger partial charge is 0.494 e. The van der Waals surface area contributed by atoms with Gasteiger partial charge in [0, 0.05) is 18.7 Å². The molecule has 1 aliphatic heterocycles. The number of rotatable bonds is 8. The van der Waals surface area contributed by atoms with Crippen LogP contribution >= 0.6 is 0 Å². The second kappa shape index (κ2) is 9.70. The van der Waals surface area contributed by atoms with Gasteiger partial charge >= 0.3 is 5.97 Å². The maximum absolute atomic E-state index is 12.2. The van der Waals surface area contributed by atoms with Crippen LogP contribution in [0.15, 0.2) is 47.6 Å². The summed E-state index contributed by atoms with van der Waals surface area (Å²) in [5.41, 5.74) is 1.85. The molecular formula is C21H22N4O6. The highest BCUT2D eigenvalue weighted by molar-refractivity contribution is 5.97. The van der Waals surface area contributed by atoms with E-state index in [2.05, 4.69) is 10.4 Å². The number of nitrogens with zero attached hydrogens (tertiary/aromatic N) is 3. The summed E-state index contributed by atoms with van der Waals surface area (Å²) in [6.07, 6.45) is 0.894. The Balaban J connectivity index is 1.57. The van der Waals surface area contributed by atoms with Crippen molar-refractivity contribution in [3.05, 3.63) is 58.1 Å². The molecule has 2 aromatic rings. The van der Waals surface area contributed by atoms with Crippen LogP contribution in [0.4, 0.5) is 17.1 Å². The number of hydrogen-bond donors (Lipinski definition) is 1. The molecule has 10 nitrogen and oxygen atoms in total. The number of nitrogens with one attached hydrogen (secondary N) is 1. The van der Waals surface area contributed by atoms with E-state index in [4.69, 9.17) is 9.47 Å². The van der Waals surface area contributed by atoms with E-state index in [0.29, 0.717) is 12.4 Å². The first-order chi connectivity index (χ1) is 14.9. The second-order valence-corrected chi connectivity index (χ2v) is 6.75. The lowest BCUT2D eigenvalue weighted by Crippen LogP contribution is -2.21.